The van der Waals surface area contributed by atoms with Crippen LogP contribution in [0.3, 0.4) is 0 Å². The second kappa shape index (κ2) is 5.41. The highest BCUT2D eigenvalue weighted by molar-refractivity contribution is 7.98. The van der Waals surface area contributed by atoms with E-state index in [0.29, 0.717) is 17.2 Å². The van der Waals surface area contributed by atoms with E-state index in [1.165, 1.54) is 0 Å². The molecule has 0 saturated heterocycles. The zero-order valence-electron chi connectivity index (χ0n) is 13.1. The van der Waals surface area contributed by atoms with Gasteiger partial charge in [0.05, 0.1) is 5.56 Å². The Morgan fingerprint density at radius 1 is 1.08 bits per heavy atom. The number of aryl methyl sites for hydroxylation is 1. The fraction of sp³-hybridized carbons (Fsp3) is 0.188. The Morgan fingerprint density at radius 2 is 1.83 bits per heavy atom. The molecule has 0 radical (unpaired) electrons. The highest BCUT2D eigenvalue weighted by Gasteiger charge is 2.33. The normalized spacial score (nSPS) is 15.5. The van der Waals surface area contributed by atoms with Gasteiger partial charge in [0.15, 0.2) is 5.82 Å². The van der Waals surface area contributed by atoms with Crippen LogP contribution < -0.4 is 16.6 Å². The van der Waals surface area contributed by atoms with Gasteiger partial charge in [-0.1, -0.05) is 12.1 Å². The van der Waals surface area contributed by atoms with Crippen molar-refractivity contribution in [2.45, 2.75) is 17.7 Å². The van der Waals surface area contributed by atoms with Crippen LogP contribution in [-0.4, -0.2) is 26.4 Å². The summed E-state index contributed by atoms with van der Waals surface area (Å²) in [6.45, 7) is 1.92. The van der Waals surface area contributed by atoms with Gasteiger partial charge < -0.3 is 5.32 Å². The summed E-state index contributed by atoms with van der Waals surface area (Å²) >= 11 is 1.66. The molecule has 1 aliphatic rings. The second-order valence-corrected chi connectivity index (χ2v) is 6.52. The first-order valence-electron chi connectivity index (χ1n) is 7.41. The fourth-order valence-electron chi connectivity index (χ4n) is 3.15. The number of rotatable bonds is 2. The molecule has 1 aliphatic heterocycles. The van der Waals surface area contributed by atoms with E-state index in [1.807, 2.05) is 37.4 Å². The number of fused-ring (bicyclic) bond motifs is 2. The lowest BCUT2D eigenvalue weighted by Crippen LogP contribution is -2.31. The maximum absolute atomic E-state index is 12.5. The molecule has 2 aromatic heterocycles. The van der Waals surface area contributed by atoms with Gasteiger partial charge in [-0.2, -0.15) is 5.10 Å². The maximum atomic E-state index is 12.5. The quantitative estimate of drug-likeness (QED) is 0.418. The van der Waals surface area contributed by atoms with Gasteiger partial charge in [0, 0.05) is 22.1 Å². The van der Waals surface area contributed by atoms with Crippen LogP contribution in [-0.2, 0) is 0 Å². The molecule has 8 heteroatoms. The highest BCUT2D eigenvalue weighted by atomic mass is 32.2. The number of hydrogen-bond donors (Lipinski definition) is 4. The Morgan fingerprint density at radius 3 is 2.54 bits per heavy atom. The molecule has 7 nitrogen and oxygen atoms in total. The molecular weight excluding hydrogens is 326 g/mol. The lowest BCUT2D eigenvalue weighted by Gasteiger charge is -2.25. The lowest BCUT2D eigenvalue weighted by molar-refractivity contribution is 0.880. The molecule has 24 heavy (non-hydrogen) atoms. The van der Waals surface area contributed by atoms with E-state index >= 15 is 0 Å². The van der Waals surface area contributed by atoms with Crippen molar-refractivity contribution in [3.8, 4) is 0 Å². The van der Waals surface area contributed by atoms with Crippen LogP contribution in [0.5, 0.6) is 0 Å². The van der Waals surface area contributed by atoms with Crippen molar-refractivity contribution >= 4 is 23.4 Å². The molecule has 1 atom stereocenters. The van der Waals surface area contributed by atoms with Crippen molar-refractivity contribution in [1.29, 1.82) is 0 Å². The van der Waals surface area contributed by atoms with E-state index in [2.05, 4.69) is 25.5 Å². The van der Waals surface area contributed by atoms with Crippen LogP contribution in [0.4, 0.5) is 11.6 Å². The molecule has 4 N–H and O–H groups in total. The molecule has 0 fully saturated rings. The van der Waals surface area contributed by atoms with Gasteiger partial charge in [0.2, 0.25) is 0 Å². The molecule has 1 aromatic carbocycles. The van der Waals surface area contributed by atoms with Crippen molar-refractivity contribution in [3.63, 3.8) is 0 Å². The van der Waals surface area contributed by atoms with Crippen LogP contribution in [0.2, 0.25) is 0 Å². The Hall–Kier alpha value is -2.74. The van der Waals surface area contributed by atoms with Crippen LogP contribution in [0.25, 0.3) is 0 Å². The molecule has 0 bridgehead atoms. The van der Waals surface area contributed by atoms with Gasteiger partial charge in [0.25, 0.3) is 5.56 Å². The van der Waals surface area contributed by atoms with E-state index in [9.17, 15) is 9.59 Å². The van der Waals surface area contributed by atoms with Crippen molar-refractivity contribution in [2.75, 3.05) is 11.6 Å². The van der Waals surface area contributed by atoms with E-state index in [4.69, 9.17) is 0 Å². The fourth-order valence-corrected chi connectivity index (χ4v) is 3.56. The first-order valence-corrected chi connectivity index (χ1v) is 8.63. The third kappa shape index (κ3) is 2.18. The standard InChI is InChI=1S/C16H15N5O2S/c1-7-10-11(8-3-5-9(24-2)6-4-8)12-13(17-14(10)21-20-7)18-16(23)19-15(12)22/h3-6,11H,1-2H3,(H4,17,18,19,20,21,22,23)/t11-/m1/s1. The largest absolute Gasteiger partial charge is 0.327 e. The summed E-state index contributed by atoms with van der Waals surface area (Å²) in [5, 5.41) is 10.2. The third-order valence-electron chi connectivity index (χ3n) is 4.24. The van der Waals surface area contributed by atoms with Gasteiger partial charge in [-0.25, -0.2) is 4.79 Å². The van der Waals surface area contributed by atoms with Crippen LogP contribution in [0.15, 0.2) is 38.8 Å². The number of thioether (sulfide) groups is 1. The molecule has 122 valence electrons. The Labute approximate surface area is 140 Å². The minimum Gasteiger partial charge on any atom is -0.324 e. The van der Waals surface area contributed by atoms with Crippen molar-refractivity contribution < 1.29 is 0 Å². The lowest BCUT2D eigenvalue weighted by atomic mass is 9.83. The number of aromatic nitrogens is 4. The average Bonchev–Trinajstić information content (AvgIpc) is 2.94. The molecule has 0 amide bonds. The summed E-state index contributed by atoms with van der Waals surface area (Å²) in [5.41, 5.74) is 2.32. The third-order valence-corrected chi connectivity index (χ3v) is 4.99. The number of aromatic amines is 3. The zero-order chi connectivity index (χ0) is 16.8. The van der Waals surface area contributed by atoms with Gasteiger partial charge in [-0.05, 0) is 30.9 Å². The van der Waals surface area contributed by atoms with E-state index < -0.39 is 11.2 Å². The monoisotopic (exact) mass is 341 g/mol. The van der Waals surface area contributed by atoms with Crippen molar-refractivity contribution in [2.24, 2.45) is 0 Å². The van der Waals surface area contributed by atoms with Gasteiger partial charge in [0.1, 0.15) is 5.82 Å². The molecule has 3 aromatic rings. The summed E-state index contributed by atoms with van der Waals surface area (Å²) < 4.78 is 0. The molecule has 0 aliphatic carbocycles. The highest BCUT2D eigenvalue weighted by Crippen LogP contribution is 2.42. The SMILES string of the molecule is CSc1ccc([C@@H]2c3c(n[nH]c3C)Nc3[nH]c(=O)[nH]c(=O)c32)cc1. The summed E-state index contributed by atoms with van der Waals surface area (Å²) in [7, 11) is 0. The molecular formula is C16H15N5O2S. The van der Waals surface area contributed by atoms with E-state index in [0.717, 1.165) is 21.7 Å². The molecule has 0 unspecified atom stereocenters. The Kier molecular flexibility index (Phi) is 3.34. The number of nitrogens with one attached hydrogen (secondary N) is 4. The summed E-state index contributed by atoms with van der Waals surface area (Å²) in [4.78, 5) is 30.2. The zero-order valence-corrected chi connectivity index (χ0v) is 13.9. The molecule has 4 rings (SSSR count). The van der Waals surface area contributed by atoms with E-state index in [1.54, 1.807) is 11.8 Å². The smallest absolute Gasteiger partial charge is 0.324 e. The Balaban J connectivity index is 1.99. The number of benzene rings is 1. The predicted molar refractivity (Wildman–Crippen MR) is 93.5 cm³/mol. The van der Waals surface area contributed by atoms with Gasteiger partial charge in [-0.15, -0.1) is 11.8 Å². The number of hydrogen-bond acceptors (Lipinski definition) is 5. The average molecular weight is 341 g/mol. The summed E-state index contributed by atoms with van der Waals surface area (Å²) in [5.74, 6) is 0.716. The topological polar surface area (TPSA) is 106 Å². The first kappa shape index (κ1) is 14.8. The second-order valence-electron chi connectivity index (χ2n) is 5.64. The molecule has 3 heterocycles. The van der Waals surface area contributed by atoms with Crippen molar-refractivity contribution in [3.05, 3.63) is 67.5 Å². The van der Waals surface area contributed by atoms with Gasteiger partial charge in [-0.3, -0.25) is 19.9 Å². The first-order chi connectivity index (χ1) is 11.6. The number of H-pyrrole nitrogens is 3. The number of nitrogens with zero attached hydrogens (tertiary/aromatic N) is 1. The van der Waals surface area contributed by atoms with E-state index in [-0.39, 0.29) is 5.92 Å². The predicted octanol–water partition coefficient (Wildman–Crippen LogP) is 2.05. The van der Waals surface area contributed by atoms with Crippen LogP contribution in [0, 0.1) is 6.92 Å². The van der Waals surface area contributed by atoms with Crippen LogP contribution >= 0.6 is 11.8 Å². The van der Waals surface area contributed by atoms with Crippen LogP contribution in [0.1, 0.15) is 28.3 Å². The molecule has 0 spiro atoms. The summed E-state index contributed by atoms with van der Waals surface area (Å²) in [6.07, 6.45) is 2.02. The minimum absolute atomic E-state index is 0.300. The molecule has 0 saturated carbocycles. The van der Waals surface area contributed by atoms with Gasteiger partial charge >= 0.3 is 5.69 Å². The maximum Gasteiger partial charge on any atom is 0.327 e. The van der Waals surface area contributed by atoms with Crippen molar-refractivity contribution in [1.82, 2.24) is 20.2 Å². The minimum atomic E-state index is -0.543. The Bertz CT molecular complexity index is 1030. The number of anilines is 2. The summed E-state index contributed by atoms with van der Waals surface area (Å²) in [6, 6.07) is 8.06.